The van der Waals surface area contributed by atoms with Crippen molar-refractivity contribution in [3.05, 3.63) is 34.9 Å². The van der Waals surface area contributed by atoms with Crippen molar-refractivity contribution in [3.63, 3.8) is 0 Å². The van der Waals surface area contributed by atoms with E-state index in [1.165, 1.54) is 31.2 Å². The molecule has 0 aromatic heterocycles. The van der Waals surface area contributed by atoms with Crippen molar-refractivity contribution in [1.82, 2.24) is 5.32 Å². The second-order valence-electron chi connectivity index (χ2n) is 5.30. The molecule has 2 nitrogen and oxygen atoms in total. The zero-order valence-corrected chi connectivity index (χ0v) is 12.5. The molecular formula is C16H24ClNO. The van der Waals surface area contributed by atoms with Crippen molar-refractivity contribution >= 4 is 11.6 Å². The van der Waals surface area contributed by atoms with Crippen LogP contribution in [0.25, 0.3) is 0 Å². The first kappa shape index (κ1) is 14.8. The standard InChI is InChI=1S/C16H24ClNO/c1-2-3-4-10-19-16(12-18-15-8-9-15)13-6-5-7-14(17)11-13/h5-7,11,15-16,18H,2-4,8-10,12H2,1H3. The van der Waals surface area contributed by atoms with Gasteiger partial charge in [-0.25, -0.2) is 0 Å². The summed E-state index contributed by atoms with van der Waals surface area (Å²) in [6.07, 6.45) is 6.33. The third-order valence-corrected chi connectivity index (χ3v) is 3.69. The Hall–Kier alpha value is -0.570. The summed E-state index contributed by atoms with van der Waals surface area (Å²) in [7, 11) is 0. The van der Waals surface area contributed by atoms with E-state index in [4.69, 9.17) is 16.3 Å². The smallest absolute Gasteiger partial charge is 0.0949 e. The van der Waals surface area contributed by atoms with Crippen molar-refractivity contribution in [2.75, 3.05) is 13.2 Å². The van der Waals surface area contributed by atoms with E-state index in [0.29, 0.717) is 6.04 Å². The maximum atomic E-state index is 6.07. The average molecular weight is 282 g/mol. The molecule has 0 aliphatic heterocycles. The van der Waals surface area contributed by atoms with Crippen LogP contribution in [0.4, 0.5) is 0 Å². The van der Waals surface area contributed by atoms with Gasteiger partial charge in [-0.15, -0.1) is 0 Å². The van der Waals surface area contributed by atoms with Crippen LogP contribution in [0.3, 0.4) is 0 Å². The van der Waals surface area contributed by atoms with Gasteiger partial charge in [-0.3, -0.25) is 0 Å². The minimum Gasteiger partial charge on any atom is -0.372 e. The Balaban J connectivity index is 1.87. The summed E-state index contributed by atoms with van der Waals surface area (Å²) >= 11 is 6.07. The molecule has 106 valence electrons. The number of halogens is 1. The van der Waals surface area contributed by atoms with Crippen LogP contribution in [0, 0.1) is 0 Å². The van der Waals surface area contributed by atoms with Crippen LogP contribution in [0.2, 0.25) is 5.02 Å². The first-order valence-corrected chi connectivity index (χ1v) is 7.78. The third-order valence-electron chi connectivity index (χ3n) is 3.46. The van der Waals surface area contributed by atoms with Crippen LogP contribution in [-0.4, -0.2) is 19.2 Å². The third kappa shape index (κ3) is 5.52. The lowest BCUT2D eigenvalue weighted by atomic mass is 10.1. The maximum absolute atomic E-state index is 6.07. The van der Waals surface area contributed by atoms with Crippen LogP contribution >= 0.6 is 11.6 Å². The minimum absolute atomic E-state index is 0.121. The van der Waals surface area contributed by atoms with Crippen molar-refractivity contribution < 1.29 is 4.74 Å². The van der Waals surface area contributed by atoms with E-state index in [-0.39, 0.29) is 6.10 Å². The summed E-state index contributed by atoms with van der Waals surface area (Å²) in [6.45, 7) is 3.93. The van der Waals surface area contributed by atoms with E-state index in [9.17, 15) is 0 Å². The monoisotopic (exact) mass is 281 g/mol. The Labute approximate surface area is 121 Å². The van der Waals surface area contributed by atoms with Gasteiger partial charge in [-0.05, 0) is 37.0 Å². The van der Waals surface area contributed by atoms with Gasteiger partial charge in [0.25, 0.3) is 0 Å². The second kappa shape index (κ2) is 7.88. The molecule has 3 heteroatoms. The molecular weight excluding hydrogens is 258 g/mol. The summed E-state index contributed by atoms with van der Waals surface area (Å²) in [5, 5.41) is 4.33. The highest BCUT2D eigenvalue weighted by atomic mass is 35.5. The van der Waals surface area contributed by atoms with Crippen LogP contribution in [0.5, 0.6) is 0 Å². The molecule has 0 amide bonds. The number of benzene rings is 1. The van der Waals surface area contributed by atoms with Crippen molar-refractivity contribution in [2.45, 2.75) is 51.2 Å². The summed E-state index contributed by atoms with van der Waals surface area (Å²) in [5.74, 6) is 0. The van der Waals surface area contributed by atoms with Gasteiger partial charge < -0.3 is 10.1 Å². The molecule has 1 unspecified atom stereocenters. The fourth-order valence-corrected chi connectivity index (χ4v) is 2.32. The summed E-state index contributed by atoms with van der Waals surface area (Å²) in [6, 6.07) is 8.73. The first-order chi connectivity index (χ1) is 9.29. The predicted octanol–water partition coefficient (Wildman–Crippen LogP) is 4.34. The molecule has 1 aliphatic carbocycles. The molecule has 1 aliphatic rings. The molecule has 1 N–H and O–H groups in total. The number of nitrogens with one attached hydrogen (secondary N) is 1. The Bertz CT molecular complexity index is 379. The summed E-state index contributed by atoms with van der Waals surface area (Å²) in [4.78, 5) is 0. The lowest BCUT2D eigenvalue weighted by Crippen LogP contribution is -2.25. The van der Waals surface area contributed by atoms with E-state index >= 15 is 0 Å². The highest BCUT2D eigenvalue weighted by Gasteiger charge is 2.22. The quantitative estimate of drug-likeness (QED) is 0.680. The zero-order chi connectivity index (χ0) is 13.5. The molecule has 1 fully saturated rings. The Kier molecular flexibility index (Phi) is 6.15. The van der Waals surface area contributed by atoms with Gasteiger partial charge in [0.15, 0.2) is 0 Å². The van der Waals surface area contributed by atoms with Gasteiger partial charge in [0.05, 0.1) is 6.10 Å². The molecule has 1 saturated carbocycles. The molecule has 19 heavy (non-hydrogen) atoms. The van der Waals surface area contributed by atoms with Crippen molar-refractivity contribution in [2.24, 2.45) is 0 Å². The molecule has 1 atom stereocenters. The second-order valence-corrected chi connectivity index (χ2v) is 5.74. The van der Waals surface area contributed by atoms with Crippen molar-refractivity contribution in [3.8, 4) is 0 Å². The molecule has 0 saturated heterocycles. The van der Waals surface area contributed by atoms with Gasteiger partial charge in [0, 0.05) is 24.2 Å². The van der Waals surface area contributed by atoms with E-state index in [0.717, 1.165) is 24.6 Å². The normalized spacial score (nSPS) is 16.5. The molecule has 0 heterocycles. The number of rotatable bonds is 9. The molecule has 1 aromatic carbocycles. The van der Waals surface area contributed by atoms with Crippen LogP contribution in [0.15, 0.2) is 24.3 Å². The number of ether oxygens (including phenoxy) is 1. The van der Waals surface area contributed by atoms with Gasteiger partial charge >= 0.3 is 0 Å². The predicted molar refractivity (Wildman–Crippen MR) is 80.7 cm³/mol. The number of hydrogen-bond acceptors (Lipinski definition) is 2. The lowest BCUT2D eigenvalue weighted by Gasteiger charge is -2.19. The van der Waals surface area contributed by atoms with E-state index in [1.54, 1.807) is 0 Å². The fourth-order valence-electron chi connectivity index (χ4n) is 2.12. The largest absolute Gasteiger partial charge is 0.372 e. The summed E-state index contributed by atoms with van der Waals surface area (Å²) in [5.41, 5.74) is 1.18. The van der Waals surface area contributed by atoms with Crippen LogP contribution in [-0.2, 0) is 4.74 Å². The highest BCUT2D eigenvalue weighted by molar-refractivity contribution is 6.30. The minimum atomic E-state index is 0.121. The first-order valence-electron chi connectivity index (χ1n) is 7.40. The Morgan fingerprint density at radius 3 is 2.89 bits per heavy atom. The Morgan fingerprint density at radius 1 is 1.37 bits per heavy atom. The topological polar surface area (TPSA) is 21.3 Å². The van der Waals surface area contributed by atoms with Gasteiger partial charge in [-0.1, -0.05) is 43.5 Å². The lowest BCUT2D eigenvalue weighted by molar-refractivity contribution is 0.0498. The van der Waals surface area contributed by atoms with E-state index < -0.39 is 0 Å². The SMILES string of the molecule is CCCCCOC(CNC1CC1)c1cccc(Cl)c1. The highest BCUT2D eigenvalue weighted by Crippen LogP contribution is 2.24. The molecule has 2 rings (SSSR count). The van der Waals surface area contributed by atoms with Crippen molar-refractivity contribution in [1.29, 1.82) is 0 Å². The van der Waals surface area contributed by atoms with E-state index in [1.807, 2.05) is 18.2 Å². The molecule has 0 spiro atoms. The van der Waals surface area contributed by atoms with Crippen LogP contribution < -0.4 is 5.32 Å². The molecule has 1 aromatic rings. The van der Waals surface area contributed by atoms with Gasteiger partial charge in [0.2, 0.25) is 0 Å². The van der Waals surface area contributed by atoms with Crippen LogP contribution in [0.1, 0.15) is 50.7 Å². The summed E-state index contributed by atoms with van der Waals surface area (Å²) < 4.78 is 6.04. The molecule has 0 radical (unpaired) electrons. The Morgan fingerprint density at radius 2 is 2.21 bits per heavy atom. The number of unbranched alkanes of at least 4 members (excludes halogenated alkanes) is 2. The molecule has 0 bridgehead atoms. The van der Waals surface area contributed by atoms with Gasteiger partial charge in [0.1, 0.15) is 0 Å². The van der Waals surface area contributed by atoms with Gasteiger partial charge in [-0.2, -0.15) is 0 Å². The maximum Gasteiger partial charge on any atom is 0.0949 e. The fraction of sp³-hybridized carbons (Fsp3) is 0.625. The van der Waals surface area contributed by atoms with E-state index in [2.05, 4.69) is 18.3 Å². The average Bonchev–Trinajstić information content (AvgIpc) is 3.22. The zero-order valence-electron chi connectivity index (χ0n) is 11.7. The number of hydrogen-bond donors (Lipinski definition) is 1.